The van der Waals surface area contributed by atoms with E-state index in [9.17, 15) is 4.79 Å². The van der Waals surface area contributed by atoms with Crippen LogP contribution >= 0.6 is 0 Å². The number of rotatable bonds is 3. The Kier molecular flexibility index (Phi) is 3.74. The van der Waals surface area contributed by atoms with Crippen LogP contribution < -0.4 is 5.73 Å². The summed E-state index contributed by atoms with van der Waals surface area (Å²) in [5, 5.41) is 0. The number of hydrogen-bond donors (Lipinski definition) is 1. The summed E-state index contributed by atoms with van der Waals surface area (Å²) in [6.45, 7) is 2.31. The van der Waals surface area contributed by atoms with Crippen molar-refractivity contribution in [1.82, 2.24) is 0 Å². The molecule has 2 N–H and O–H groups in total. The van der Waals surface area contributed by atoms with Gasteiger partial charge in [-0.1, -0.05) is 6.92 Å². The van der Waals surface area contributed by atoms with Crippen LogP contribution in [-0.2, 0) is 4.79 Å². The smallest absolute Gasteiger partial charge is 0.208 e. The van der Waals surface area contributed by atoms with Crippen molar-refractivity contribution in [1.29, 1.82) is 0 Å². The second kappa shape index (κ2) is 4.11. The zero-order valence-electron chi connectivity index (χ0n) is 5.55. The summed E-state index contributed by atoms with van der Waals surface area (Å²) in [7, 11) is 0. The highest BCUT2D eigenvalue weighted by molar-refractivity contribution is 5.96. The summed E-state index contributed by atoms with van der Waals surface area (Å²) >= 11 is 0. The molecule has 0 aliphatic carbocycles. The van der Waals surface area contributed by atoms with Crippen molar-refractivity contribution >= 4 is 5.78 Å². The van der Waals surface area contributed by atoms with Crippen LogP contribution in [-0.4, -0.2) is 12.3 Å². The van der Waals surface area contributed by atoms with E-state index in [0.29, 0.717) is 13.0 Å². The van der Waals surface area contributed by atoms with Crippen molar-refractivity contribution in [3.63, 3.8) is 0 Å². The molecule has 9 heavy (non-hydrogen) atoms. The van der Waals surface area contributed by atoms with Gasteiger partial charge in [0.25, 0.3) is 0 Å². The molecule has 0 heterocycles. The van der Waals surface area contributed by atoms with Crippen LogP contribution in [0.3, 0.4) is 0 Å². The van der Waals surface area contributed by atoms with Crippen molar-refractivity contribution in [3.05, 3.63) is 0 Å². The minimum atomic E-state index is -0.152. The number of Topliss-reactive ketones (excluding diaryl/α,β-unsaturated/α-hetero) is 1. The van der Waals surface area contributed by atoms with Gasteiger partial charge in [-0.25, -0.2) is 0 Å². The molecule has 0 rings (SSSR count). The fourth-order valence-corrected chi connectivity index (χ4v) is 0.523. The Bertz CT molecular complexity index is 134. The van der Waals surface area contributed by atoms with Crippen molar-refractivity contribution in [2.75, 3.05) is 6.54 Å². The van der Waals surface area contributed by atoms with Gasteiger partial charge in [0.1, 0.15) is 0 Å². The first-order chi connectivity index (χ1) is 4.22. The number of hydrogen-bond acceptors (Lipinski definition) is 2. The average Bonchev–Trinajstić information content (AvgIpc) is 1.87. The van der Waals surface area contributed by atoms with Gasteiger partial charge in [-0.05, 0) is 18.9 Å². The summed E-state index contributed by atoms with van der Waals surface area (Å²) < 4.78 is 0. The molecule has 2 nitrogen and oxygen atoms in total. The summed E-state index contributed by atoms with van der Waals surface area (Å²) in [6, 6.07) is 0. The van der Waals surface area contributed by atoms with E-state index in [2.05, 4.69) is 5.92 Å². The van der Waals surface area contributed by atoms with Gasteiger partial charge in [-0.2, -0.15) is 0 Å². The van der Waals surface area contributed by atoms with E-state index in [1.807, 2.05) is 0 Å². The van der Waals surface area contributed by atoms with Crippen molar-refractivity contribution in [2.24, 2.45) is 11.7 Å². The molecule has 1 atom stereocenters. The molecule has 0 saturated heterocycles. The van der Waals surface area contributed by atoms with Gasteiger partial charge in [0, 0.05) is 5.92 Å². The summed E-state index contributed by atoms with van der Waals surface area (Å²) in [5.74, 6) is 1.83. The van der Waals surface area contributed by atoms with Crippen molar-refractivity contribution in [3.8, 4) is 12.3 Å². The topological polar surface area (TPSA) is 43.1 Å². The van der Waals surface area contributed by atoms with Gasteiger partial charge in [0.05, 0.1) is 0 Å². The second-order valence-electron chi connectivity index (χ2n) is 1.99. The Morgan fingerprint density at radius 2 is 2.44 bits per heavy atom. The van der Waals surface area contributed by atoms with Crippen molar-refractivity contribution in [2.45, 2.75) is 13.3 Å². The molecular formula is C7H11NO. The first kappa shape index (κ1) is 8.19. The van der Waals surface area contributed by atoms with Gasteiger partial charge in [0.15, 0.2) is 0 Å². The van der Waals surface area contributed by atoms with Crippen LogP contribution in [0, 0.1) is 18.3 Å². The fraction of sp³-hybridized carbons (Fsp3) is 0.571. The SMILES string of the molecule is C#CC(=O)C(C)CCN. The zero-order chi connectivity index (χ0) is 7.28. The molecule has 0 aromatic heterocycles. The van der Waals surface area contributed by atoms with Gasteiger partial charge in [-0.15, -0.1) is 6.42 Å². The largest absolute Gasteiger partial charge is 0.330 e. The van der Waals surface area contributed by atoms with E-state index in [-0.39, 0.29) is 11.7 Å². The highest BCUT2D eigenvalue weighted by atomic mass is 16.1. The molecule has 0 saturated carbocycles. The predicted molar refractivity (Wildman–Crippen MR) is 36.7 cm³/mol. The lowest BCUT2D eigenvalue weighted by Crippen LogP contribution is -2.13. The summed E-state index contributed by atoms with van der Waals surface area (Å²) in [4.78, 5) is 10.6. The lowest BCUT2D eigenvalue weighted by atomic mass is 10.0. The molecule has 0 fully saturated rings. The maximum absolute atomic E-state index is 10.6. The quantitative estimate of drug-likeness (QED) is 0.431. The Labute approximate surface area is 55.4 Å². The Hall–Kier alpha value is -0.810. The Morgan fingerprint density at radius 1 is 1.89 bits per heavy atom. The average molecular weight is 125 g/mol. The van der Waals surface area contributed by atoms with Crippen molar-refractivity contribution < 1.29 is 4.79 Å². The van der Waals surface area contributed by atoms with Gasteiger partial charge in [0.2, 0.25) is 5.78 Å². The molecular weight excluding hydrogens is 114 g/mol. The van der Waals surface area contributed by atoms with E-state index in [4.69, 9.17) is 12.2 Å². The second-order valence-corrected chi connectivity index (χ2v) is 1.99. The lowest BCUT2D eigenvalue weighted by molar-refractivity contribution is -0.117. The molecule has 50 valence electrons. The van der Waals surface area contributed by atoms with Gasteiger partial charge >= 0.3 is 0 Å². The molecule has 0 aliphatic heterocycles. The minimum Gasteiger partial charge on any atom is -0.330 e. The molecule has 0 amide bonds. The predicted octanol–water partition coefficient (Wildman–Crippen LogP) is 0.174. The third-order valence-corrected chi connectivity index (χ3v) is 1.19. The summed E-state index contributed by atoms with van der Waals surface area (Å²) in [6.07, 6.45) is 5.55. The van der Waals surface area contributed by atoms with E-state index >= 15 is 0 Å². The number of terminal acetylenes is 1. The molecule has 0 radical (unpaired) electrons. The maximum atomic E-state index is 10.6. The highest BCUT2D eigenvalue weighted by Crippen LogP contribution is 1.99. The molecule has 0 aromatic rings. The Morgan fingerprint density at radius 3 is 2.78 bits per heavy atom. The normalized spacial score (nSPS) is 12.1. The molecule has 0 aliphatic rings. The summed E-state index contributed by atoms with van der Waals surface area (Å²) in [5.41, 5.74) is 5.20. The number of ketones is 1. The van der Waals surface area contributed by atoms with Gasteiger partial charge < -0.3 is 5.73 Å². The molecule has 2 heteroatoms. The highest BCUT2D eigenvalue weighted by Gasteiger charge is 2.07. The first-order valence-electron chi connectivity index (χ1n) is 2.93. The Balaban J connectivity index is 3.62. The molecule has 0 aromatic carbocycles. The monoisotopic (exact) mass is 125 g/mol. The van der Waals surface area contributed by atoms with Crippen LogP contribution in [0.1, 0.15) is 13.3 Å². The number of carbonyl (C=O) groups excluding carboxylic acids is 1. The first-order valence-corrected chi connectivity index (χ1v) is 2.93. The van der Waals surface area contributed by atoms with E-state index in [0.717, 1.165) is 0 Å². The van der Waals surface area contributed by atoms with Crippen LogP contribution in [0.5, 0.6) is 0 Å². The lowest BCUT2D eigenvalue weighted by Gasteiger charge is -2.01. The van der Waals surface area contributed by atoms with E-state index in [1.165, 1.54) is 0 Å². The third-order valence-electron chi connectivity index (χ3n) is 1.19. The third kappa shape index (κ3) is 2.89. The number of carbonyl (C=O) groups is 1. The van der Waals surface area contributed by atoms with Crippen LogP contribution in [0.15, 0.2) is 0 Å². The van der Waals surface area contributed by atoms with Gasteiger partial charge in [-0.3, -0.25) is 4.79 Å². The minimum absolute atomic E-state index is 0.0694. The molecule has 0 spiro atoms. The van der Waals surface area contributed by atoms with E-state index in [1.54, 1.807) is 6.92 Å². The molecule has 0 bridgehead atoms. The number of nitrogens with two attached hydrogens (primary N) is 1. The molecule has 1 unspecified atom stereocenters. The standard InChI is InChI=1S/C7H11NO/c1-3-7(9)6(2)4-5-8/h1,6H,4-5,8H2,2H3. The van der Waals surface area contributed by atoms with Crippen LogP contribution in [0.25, 0.3) is 0 Å². The van der Waals surface area contributed by atoms with E-state index < -0.39 is 0 Å². The van der Waals surface area contributed by atoms with Crippen LogP contribution in [0.2, 0.25) is 0 Å². The maximum Gasteiger partial charge on any atom is 0.208 e. The van der Waals surface area contributed by atoms with Crippen LogP contribution in [0.4, 0.5) is 0 Å². The fourth-order valence-electron chi connectivity index (χ4n) is 0.523. The zero-order valence-corrected chi connectivity index (χ0v) is 5.55.